The molecule has 0 aliphatic carbocycles. The van der Waals surface area contributed by atoms with E-state index in [9.17, 15) is 4.79 Å². The highest BCUT2D eigenvalue weighted by molar-refractivity contribution is 5.79. The van der Waals surface area contributed by atoms with Crippen LogP contribution in [0, 0.1) is 5.92 Å². The Morgan fingerprint density at radius 3 is 2.66 bits per heavy atom. The summed E-state index contributed by atoms with van der Waals surface area (Å²) in [6.45, 7) is 7.80. The van der Waals surface area contributed by atoms with Gasteiger partial charge in [-0.1, -0.05) is 6.07 Å². The Labute approximate surface area is 173 Å². The molecule has 2 saturated heterocycles. The summed E-state index contributed by atoms with van der Waals surface area (Å²) in [5.74, 6) is 2.32. The topological polar surface area (TPSA) is 63.2 Å². The van der Waals surface area contributed by atoms with Crippen LogP contribution in [0.2, 0.25) is 0 Å². The number of aliphatic imine (C=N–C) groups is 1. The number of carbonyl (C=O) groups is 1. The molecule has 1 amide bonds. The summed E-state index contributed by atoms with van der Waals surface area (Å²) in [6, 6.07) is 6.92. The summed E-state index contributed by atoms with van der Waals surface area (Å²) in [5.41, 5.74) is 0.678. The quantitative estimate of drug-likeness (QED) is 0.767. The van der Waals surface area contributed by atoms with E-state index in [0.717, 1.165) is 36.4 Å². The minimum atomic E-state index is -0.170. The van der Waals surface area contributed by atoms with Crippen molar-refractivity contribution in [2.75, 3.05) is 19.8 Å². The summed E-state index contributed by atoms with van der Waals surface area (Å²) in [6.07, 6.45) is 7.73. The van der Waals surface area contributed by atoms with Crippen LogP contribution in [0.1, 0.15) is 52.9 Å². The van der Waals surface area contributed by atoms with Gasteiger partial charge in [0.2, 0.25) is 5.91 Å². The van der Waals surface area contributed by atoms with Crippen molar-refractivity contribution in [3.63, 3.8) is 0 Å². The fourth-order valence-corrected chi connectivity index (χ4v) is 4.92. The molecule has 4 rings (SSSR count). The zero-order valence-corrected chi connectivity index (χ0v) is 17.8. The first kappa shape index (κ1) is 20.2. The van der Waals surface area contributed by atoms with Crippen molar-refractivity contribution in [1.29, 1.82) is 0 Å². The molecular weight excluding hydrogens is 366 g/mol. The van der Waals surface area contributed by atoms with Gasteiger partial charge >= 0.3 is 0 Å². The van der Waals surface area contributed by atoms with Crippen LogP contribution in [0.4, 0.5) is 5.69 Å². The molecule has 2 unspecified atom stereocenters. The molecule has 3 aliphatic heterocycles. The van der Waals surface area contributed by atoms with Gasteiger partial charge in [0.15, 0.2) is 11.5 Å². The van der Waals surface area contributed by atoms with Gasteiger partial charge in [-0.15, -0.1) is 0 Å². The number of hydrogen-bond acceptors (Lipinski definition) is 5. The third-order valence-electron chi connectivity index (χ3n) is 6.04. The van der Waals surface area contributed by atoms with Gasteiger partial charge in [0, 0.05) is 23.8 Å². The second-order valence-electron chi connectivity index (χ2n) is 9.54. The molecule has 0 spiro atoms. The number of rotatable bonds is 5. The lowest BCUT2D eigenvalue weighted by Crippen LogP contribution is -2.51. The van der Waals surface area contributed by atoms with Crippen LogP contribution >= 0.6 is 0 Å². The number of amides is 1. The van der Waals surface area contributed by atoms with Gasteiger partial charge in [-0.05, 0) is 70.9 Å². The van der Waals surface area contributed by atoms with E-state index in [4.69, 9.17) is 9.47 Å². The monoisotopic (exact) mass is 399 g/mol. The third kappa shape index (κ3) is 4.92. The third-order valence-corrected chi connectivity index (χ3v) is 6.04. The maximum absolute atomic E-state index is 12.4. The molecule has 0 saturated carbocycles. The molecule has 1 aromatic rings. The summed E-state index contributed by atoms with van der Waals surface area (Å²) in [5, 5.41) is 3.10. The SMILES string of the molecule is CC(C)(C)NC(=O)CN1C2CCC1CC(C/C=N/c1cccc3c1OCCO3)C2. The van der Waals surface area contributed by atoms with Crippen molar-refractivity contribution in [2.24, 2.45) is 10.9 Å². The van der Waals surface area contributed by atoms with Crippen LogP contribution < -0.4 is 14.8 Å². The maximum Gasteiger partial charge on any atom is 0.234 e. The Morgan fingerprint density at radius 2 is 1.93 bits per heavy atom. The molecule has 158 valence electrons. The smallest absolute Gasteiger partial charge is 0.234 e. The van der Waals surface area contributed by atoms with E-state index in [-0.39, 0.29) is 11.4 Å². The number of para-hydroxylation sites is 1. The van der Waals surface area contributed by atoms with Crippen molar-refractivity contribution in [3.8, 4) is 11.5 Å². The van der Waals surface area contributed by atoms with Gasteiger partial charge in [-0.25, -0.2) is 0 Å². The van der Waals surface area contributed by atoms with Gasteiger partial charge in [0.05, 0.1) is 6.54 Å². The predicted octanol–water partition coefficient (Wildman–Crippen LogP) is 3.71. The second-order valence-corrected chi connectivity index (χ2v) is 9.54. The predicted molar refractivity (Wildman–Crippen MR) is 114 cm³/mol. The fraction of sp³-hybridized carbons (Fsp3) is 0.652. The van der Waals surface area contributed by atoms with Crippen LogP contribution in [0.5, 0.6) is 11.5 Å². The summed E-state index contributed by atoms with van der Waals surface area (Å²) < 4.78 is 11.4. The first-order valence-electron chi connectivity index (χ1n) is 10.9. The highest BCUT2D eigenvalue weighted by atomic mass is 16.6. The molecule has 6 heteroatoms. The first-order valence-corrected chi connectivity index (χ1v) is 10.9. The van der Waals surface area contributed by atoms with Crippen LogP contribution in [0.15, 0.2) is 23.2 Å². The van der Waals surface area contributed by atoms with Crippen LogP contribution in [-0.2, 0) is 4.79 Å². The lowest BCUT2D eigenvalue weighted by molar-refractivity contribution is -0.125. The lowest BCUT2D eigenvalue weighted by atomic mass is 9.88. The number of ether oxygens (including phenoxy) is 2. The van der Waals surface area contributed by atoms with Crippen LogP contribution in [-0.4, -0.2) is 54.4 Å². The van der Waals surface area contributed by atoms with E-state index < -0.39 is 0 Å². The normalized spacial score (nSPS) is 26.7. The number of carbonyl (C=O) groups excluding carboxylic acids is 1. The molecule has 2 bridgehead atoms. The average molecular weight is 400 g/mol. The lowest BCUT2D eigenvalue weighted by Gasteiger charge is -2.38. The van der Waals surface area contributed by atoms with Crippen molar-refractivity contribution in [1.82, 2.24) is 10.2 Å². The van der Waals surface area contributed by atoms with E-state index in [1.807, 2.05) is 45.2 Å². The Kier molecular flexibility index (Phi) is 5.81. The number of fused-ring (bicyclic) bond motifs is 3. The molecule has 1 aromatic carbocycles. The Balaban J connectivity index is 1.32. The van der Waals surface area contributed by atoms with E-state index in [2.05, 4.69) is 15.2 Å². The minimum absolute atomic E-state index is 0.144. The number of nitrogens with zero attached hydrogens (tertiary/aromatic N) is 2. The molecule has 2 fully saturated rings. The van der Waals surface area contributed by atoms with E-state index in [0.29, 0.717) is 37.8 Å². The zero-order valence-electron chi connectivity index (χ0n) is 17.8. The standard InChI is InChI=1S/C23H33N3O3/c1-23(2,3)25-21(27)15-26-17-7-8-18(26)14-16(13-17)9-10-24-19-5-4-6-20-22(19)29-12-11-28-20/h4-6,10,16-18H,7-9,11-15H2,1-3H3,(H,25,27)/b24-10+. The first-order chi connectivity index (χ1) is 13.9. The molecule has 6 nitrogen and oxygen atoms in total. The van der Waals surface area contributed by atoms with E-state index >= 15 is 0 Å². The molecule has 29 heavy (non-hydrogen) atoms. The summed E-state index contributed by atoms with van der Waals surface area (Å²) in [7, 11) is 0. The Morgan fingerprint density at radius 1 is 1.21 bits per heavy atom. The second kappa shape index (κ2) is 8.34. The largest absolute Gasteiger partial charge is 0.486 e. The molecule has 0 radical (unpaired) electrons. The van der Waals surface area contributed by atoms with Crippen molar-refractivity contribution >= 4 is 17.8 Å². The highest BCUT2D eigenvalue weighted by Gasteiger charge is 2.41. The van der Waals surface area contributed by atoms with Crippen LogP contribution in [0.25, 0.3) is 0 Å². The van der Waals surface area contributed by atoms with Crippen LogP contribution in [0.3, 0.4) is 0 Å². The zero-order chi connectivity index (χ0) is 20.4. The molecule has 3 aliphatic rings. The number of nitrogens with one attached hydrogen (secondary N) is 1. The van der Waals surface area contributed by atoms with E-state index in [1.165, 1.54) is 12.8 Å². The molecule has 0 aromatic heterocycles. The Bertz CT molecular complexity index is 757. The highest BCUT2D eigenvalue weighted by Crippen LogP contribution is 2.41. The number of benzene rings is 1. The van der Waals surface area contributed by atoms with Gasteiger partial charge in [-0.3, -0.25) is 14.7 Å². The summed E-state index contributed by atoms with van der Waals surface area (Å²) >= 11 is 0. The average Bonchev–Trinajstić information content (AvgIpc) is 2.89. The van der Waals surface area contributed by atoms with Gasteiger partial charge < -0.3 is 14.8 Å². The molecule has 3 heterocycles. The summed E-state index contributed by atoms with van der Waals surface area (Å²) in [4.78, 5) is 19.5. The fourth-order valence-electron chi connectivity index (χ4n) is 4.92. The molecule has 1 N–H and O–H groups in total. The molecular formula is C23H33N3O3. The Hall–Kier alpha value is -2.08. The van der Waals surface area contributed by atoms with Gasteiger partial charge in [0.1, 0.15) is 18.9 Å². The van der Waals surface area contributed by atoms with Crippen molar-refractivity contribution in [3.05, 3.63) is 18.2 Å². The maximum atomic E-state index is 12.4. The van der Waals surface area contributed by atoms with E-state index in [1.54, 1.807) is 0 Å². The number of piperidine rings is 1. The van der Waals surface area contributed by atoms with Crippen molar-refractivity contribution < 1.29 is 14.3 Å². The van der Waals surface area contributed by atoms with Gasteiger partial charge in [-0.2, -0.15) is 0 Å². The number of hydrogen-bond donors (Lipinski definition) is 1. The van der Waals surface area contributed by atoms with Crippen molar-refractivity contribution in [2.45, 2.75) is 70.5 Å². The minimum Gasteiger partial charge on any atom is -0.486 e. The van der Waals surface area contributed by atoms with Gasteiger partial charge in [0.25, 0.3) is 0 Å². The molecule has 2 atom stereocenters.